The highest BCUT2D eigenvalue weighted by Gasteiger charge is 2.47. The second-order valence-electron chi connectivity index (χ2n) is 6.79. The van der Waals surface area contributed by atoms with Crippen molar-refractivity contribution in [1.29, 1.82) is 0 Å². The van der Waals surface area contributed by atoms with Gasteiger partial charge in [0.25, 0.3) is 0 Å². The van der Waals surface area contributed by atoms with Crippen LogP contribution in [0.2, 0.25) is 0 Å². The van der Waals surface area contributed by atoms with Crippen molar-refractivity contribution in [3.8, 4) is 5.75 Å². The Kier molecular flexibility index (Phi) is 5.65. The molecular weight excluding hydrogens is 308 g/mol. The molecule has 1 aliphatic rings. The maximum atomic E-state index is 12.3. The molecule has 0 radical (unpaired) electrons. The third-order valence-electron chi connectivity index (χ3n) is 4.29. The molecule has 1 atom stereocenters. The van der Waals surface area contributed by atoms with Gasteiger partial charge in [-0.25, -0.2) is 0 Å². The fraction of sp³-hybridized carbons (Fsp3) is 0.579. The van der Waals surface area contributed by atoms with Crippen LogP contribution in [0.15, 0.2) is 18.2 Å². The van der Waals surface area contributed by atoms with E-state index in [9.17, 15) is 9.59 Å². The van der Waals surface area contributed by atoms with Crippen LogP contribution < -0.4 is 4.74 Å². The van der Waals surface area contributed by atoms with E-state index in [4.69, 9.17) is 14.2 Å². The molecule has 0 aromatic heterocycles. The first-order valence-electron chi connectivity index (χ1n) is 8.42. The lowest BCUT2D eigenvalue weighted by molar-refractivity contribution is -0.221. The van der Waals surface area contributed by atoms with Crippen LogP contribution in [0.1, 0.15) is 45.2 Å². The van der Waals surface area contributed by atoms with Gasteiger partial charge in [-0.15, -0.1) is 0 Å². The maximum Gasteiger partial charge on any atom is 0.313 e. The quantitative estimate of drug-likeness (QED) is 0.589. The monoisotopic (exact) mass is 334 g/mol. The number of hydrogen-bond acceptors (Lipinski definition) is 5. The minimum Gasteiger partial charge on any atom is -0.449 e. The highest BCUT2D eigenvalue weighted by Crippen LogP contribution is 2.40. The third-order valence-corrected chi connectivity index (χ3v) is 4.29. The van der Waals surface area contributed by atoms with E-state index in [-0.39, 0.29) is 37.0 Å². The highest BCUT2D eigenvalue weighted by atomic mass is 16.6. The normalized spacial score (nSPS) is 17.1. The van der Waals surface area contributed by atoms with Gasteiger partial charge in [-0.2, -0.15) is 0 Å². The molecule has 1 unspecified atom stereocenters. The zero-order valence-electron chi connectivity index (χ0n) is 15.0. The van der Waals surface area contributed by atoms with Crippen molar-refractivity contribution in [2.24, 2.45) is 11.8 Å². The molecule has 0 saturated carbocycles. The summed E-state index contributed by atoms with van der Waals surface area (Å²) in [5.74, 6) is -0.564. The van der Waals surface area contributed by atoms with E-state index in [1.54, 1.807) is 19.9 Å². The van der Waals surface area contributed by atoms with Gasteiger partial charge in [-0.3, -0.25) is 9.59 Å². The number of rotatable bonds is 6. The minimum atomic E-state index is -0.874. The second-order valence-corrected chi connectivity index (χ2v) is 6.79. The van der Waals surface area contributed by atoms with Crippen molar-refractivity contribution < 1.29 is 23.8 Å². The van der Waals surface area contributed by atoms with E-state index in [1.165, 1.54) is 0 Å². The number of aryl methyl sites for hydroxylation is 1. The van der Waals surface area contributed by atoms with Crippen molar-refractivity contribution >= 4 is 11.9 Å². The lowest BCUT2D eigenvalue weighted by atomic mass is 9.89. The Morgan fingerprint density at radius 2 is 1.88 bits per heavy atom. The number of ether oxygens (including phenoxy) is 3. The Labute approximate surface area is 143 Å². The molecule has 0 spiro atoms. The molecule has 0 aliphatic carbocycles. The van der Waals surface area contributed by atoms with Crippen LogP contribution in [0.3, 0.4) is 0 Å². The SMILES string of the molecule is CCC(C)C(=O)OC1(c2ccc(C)cc2OC(=O)C(C)C)COC1. The standard InChI is InChI=1S/C19H26O5/c1-6-14(5)18(21)24-19(10-22-11-19)15-8-7-13(4)9-16(15)23-17(20)12(2)3/h7-9,12,14H,6,10-11H2,1-5H3. The van der Waals surface area contributed by atoms with Crippen molar-refractivity contribution in [1.82, 2.24) is 0 Å². The maximum absolute atomic E-state index is 12.3. The Hall–Kier alpha value is -1.88. The van der Waals surface area contributed by atoms with E-state index in [0.29, 0.717) is 17.7 Å². The van der Waals surface area contributed by atoms with Crippen molar-refractivity contribution in [2.75, 3.05) is 13.2 Å². The van der Waals surface area contributed by atoms with Crippen LogP contribution in [0.25, 0.3) is 0 Å². The van der Waals surface area contributed by atoms with Crippen LogP contribution >= 0.6 is 0 Å². The topological polar surface area (TPSA) is 61.8 Å². The molecule has 5 nitrogen and oxygen atoms in total. The Morgan fingerprint density at radius 1 is 1.21 bits per heavy atom. The van der Waals surface area contributed by atoms with Gasteiger partial charge in [0.2, 0.25) is 0 Å². The number of carbonyl (C=O) groups excluding carboxylic acids is 2. The predicted octanol–water partition coefficient (Wildman–Crippen LogP) is 3.37. The summed E-state index contributed by atoms with van der Waals surface area (Å²) >= 11 is 0. The molecule has 0 bridgehead atoms. The summed E-state index contributed by atoms with van der Waals surface area (Å²) in [6.45, 7) is 9.80. The number of hydrogen-bond donors (Lipinski definition) is 0. The third kappa shape index (κ3) is 3.78. The minimum absolute atomic E-state index is 0.186. The van der Waals surface area contributed by atoms with Gasteiger partial charge < -0.3 is 14.2 Å². The molecule has 5 heteroatoms. The summed E-state index contributed by atoms with van der Waals surface area (Å²) in [5, 5.41) is 0. The first kappa shape index (κ1) is 18.5. The zero-order valence-corrected chi connectivity index (χ0v) is 15.0. The summed E-state index contributed by atoms with van der Waals surface area (Å²) in [6.07, 6.45) is 0.707. The molecule has 1 heterocycles. The van der Waals surface area contributed by atoms with E-state index in [0.717, 1.165) is 5.56 Å². The van der Waals surface area contributed by atoms with Gasteiger partial charge in [0, 0.05) is 5.56 Å². The van der Waals surface area contributed by atoms with Crippen LogP contribution in [0, 0.1) is 18.8 Å². The van der Waals surface area contributed by atoms with Gasteiger partial charge in [-0.1, -0.05) is 39.8 Å². The molecule has 1 aliphatic heterocycles. The lowest BCUT2D eigenvalue weighted by Crippen LogP contribution is -2.51. The second kappa shape index (κ2) is 7.34. The largest absolute Gasteiger partial charge is 0.449 e. The first-order valence-corrected chi connectivity index (χ1v) is 8.42. The molecule has 1 aromatic carbocycles. The Balaban J connectivity index is 2.34. The smallest absolute Gasteiger partial charge is 0.313 e. The summed E-state index contributed by atoms with van der Waals surface area (Å²) < 4.78 is 16.7. The Bertz CT molecular complexity index is 616. The van der Waals surface area contributed by atoms with Gasteiger partial charge in [0.1, 0.15) is 5.75 Å². The predicted molar refractivity (Wildman–Crippen MR) is 89.7 cm³/mol. The molecule has 1 fully saturated rings. The molecule has 1 saturated heterocycles. The van der Waals surface area contributed by atoms with Gasteiger partial charge in [-0.05, 0) is 25.0 Å². The average Bonchev–Trinajstić information content (AvgIpc) is 2.50. The molecule has 0 amide bonds. The summed E-state index contributed by atoms with van der Waals surface area (Å²) in [7, 11) is 0. The van der Waals surface area contributed by atoms with E-state index in [2.05, 4.69) is 0 Å². The molecule has 2 rings (SSSR count). The summed E-state index contributed by atoms with van der Waals surface area (Å²) in [5.41, 5.74) is 0.778. The van der Waals surface area contributed by atoms with Gasteiger partial charge >= 0.3 is 11.9 Å². The summed E-state index contributed by atoms with van der Waals surface area (Å²) in [4.78, 5) is 24.3. The number of esters is 2. The first-order chi connectivity index (χ1) is 11.3. The Morgan fingerprint density at radius 3 is 2.38 bits per heavy atom. The van der Waals surface area contributed by atoms with E-state index >= 15 is 0 Å². The number of benzene rings is 1. The van der Waals surface area contributed by atoms with E-state index in [1.807, 2.05) is 32.9 Å². The van der Waals surface area contributed by atoms with Crippen LogP contribution in [0.4, 0.5) is 0 Å². The fourth-order valence-corrected chi connectivity index (χ4v) is 2.33. The van der Waals surface area contributed by atoms with Gasteiger partial charge in [0.05, 0.1) is 25.0 Å². The zero-order chi connectivity index (χ0) is 17.9. The fourth-order valence-electron chi connectivity index (χ4n) is 2.33. The molecule has 132 valence electrons. The van der Waals surface area contributed by atoms with Crippen LogP contribution in [-0.2, 0) is 24.7 Å². The van der Waals surface area contributed by atoms with Crippen LogP contribution in [-0.4, -0.2) is 25.2 Å². The van der Waals surface area contributed by atoms with Crippen molar-refractivity contribution in [2.45, 2.75) is 46.6 Å². The molecule has 24 heavy (non-hydrogen) atoms. The summed E-state index contributed by atoms with van der Waals surface area (Å²) in [6, 6.07) is 5.57. The van der Waals surface area contributed by atoms with Crippen molar-refractivity contribution in [3.05, 3.63) is 29.3 Å². The average molecular weight is 334 g/mol. The molecule has 1 aromatic rings. The molecule has 0 N–H and O–H groups in total. The van der Waals surface area contributed by atoms with E-state index < -0.39 is 5.60 Å². The molecular formula is C19H26O5. The van der Waals surface area contributed by atoms with Crippen molar-refractivity contribution in [3.63, 3.8) is 0 Å². The van der Waals surface area contributed by atoms with Crippen LogP contribution in [0.5, 0.6) is 5.75 Å². The highest BCUT2D eigenvalue weighted by molar-refractivity contribution is 5.75. The number of carbonyl (C=O) groups is 2. The lowest BCUT2D eigenvalue weighted by Gasteiger charge is -2.42. The van der Waals surface area contributed by atoms with Gasteiger partial charge in [0.15, 0.2) is 5.60 Å².